The second-order valence-electron chi connectivity index (χ2n) is 15.6. The number of hydrogen-bond acceptors (Lipinski definition) is 4. The zero-order valence-electron chi connectivity index (χ0n) is 34.1. The van der Waals surface area contributed by atoms with E-state index in [1.165, 1.54) is 21.3 Å². The van der Waals surface area contributed by atoms with E-state index in [-0.39, 0.29) is 83.6 Å². The lowest BCUT2D eigenvalue weighted by Crippen LogP contribution is -2.08. The van der Waals surface area contributed by atoms with E-state index in [9.17, 15) is 57.9 Å². The van der Waals surface area contributed by atoms with Crippen LogP contribution >= 0.6 is 0 Å². The van der Waals surface area contributed by atoms with Gasteiger partial charge in [0.05, 0.1) is 67.3 Å². The Kier molecular flexibility index (Phi) is 9.92. The first-order valence-electron chi connectivity index (χ1n) is 20.1. The first-order valence-corrected chi connectivity index (χ1v) is 20.1. The van der Waals surface area contributed by atoms with Gasteiger partial charge in [-0.2, -0.15) is 57.9 Å². The normalized spacial score (nSPS) is 12.7. The molecule has 338 valence electrons. The van der Waals surface area contributed by atoms with Gasteiger partial charge < -0.3 is 9.13 Å². The van der Waals surface area contributed by atoms with E-state index in [4.69, 9.17) is 9.97 Å². The van der Waals surface area contributed by atoms with Gasteiger partial charge in [-0.15, -0.1) is 0 Å². The van der Waals surface area contributed by atoms with Gasteiger partial charge in [-0.05, 0) is 84.9 Å². The Balaban J connectivity index is 1.38. The molecule has 3 aromatic heterocycles. The van der Waals surface area contributed by atoms with Crippen LogP contribution in [-0.2, 0) is 24.7 Å². The highest BCUT2D eigenvalue weighted by atomic mass is 19.4. The maximum absolute atomic E-state index is 14.3. The van der Waals surface area contributed by atoms with Crippen LogP contribution in [0.1, 0.15) is 27.8 Å². The maximum atomic E-state index is 14.3. The van der Waals surface area contributed by atoms with E-state index in [0.29, 0.717) is 59.7 Å². The largest absolute Gasteiger partial charge is 0.416 e. The molecule has 0 amide bonds. The van der Waals surface area contributed by atoms with E-state index >= 15 is 0 Å². The summed E-state index contributed by atoms with van der Waals surface area (Å²) in [5, 5.41) is 9.77. The second-order valence-corrected chi connectivity index (χ2v) is 15.6. The quantitative estimate of drug-likeness (QED) is 0.161. The molecule has 0 radical (unpaired) electrons. The highest BCUT2D eigenvalue weighted by Crippen LogP contribution is 2.45. The van der Waals surface area contributed by atoms with E-state index in [0.717, 1.165) is 24.3 Å². The highest BCUT2D eigenvalue weighted by Gasteiger charge is 2.36. The first kappa shape index (κ1) is 43.7. The monoisotopic (exact) mass is 936 g/mol. The third kappa shape index (κ3) is 7.49. The van der Waals surface area contributed by atoms with Gasteiger partial charge >= 0.3 is 24.7 Å². The molecular formula is C50H24F12N6. The fraction of sp³-hybridized carbons (Fsp3) is 0.0800. The molecule has 0 saturated carbocycles. The van der Waals surface area contributed by atoms with Crippen LogP contribution in [0.5, 0.6) is 0 Å². The standard InChI is InChI=1S/C50H24F12N6/c51-47(52,53)29-11-15-38-34(20-29)35-21-30(48(54,55)56)12-16-39(35)67(38)42-19-28(25-63)33(46-65-44(26-7-3-1-4-8-26)64-45(66-46)27-9-5-2-6-10-27)24-43(42)68-40-17-13-31(49(57,58)59)22-36(40)37-23-32(50(60,61)62)14-18-41(37)68/h1-24H. The Morgan fingerprint density at radius 2 is 0.676 bits per heavy atom. The van der Waals surface area contributed by atoms with E-state index < -0.39 is 47.0 Å². The van der Waals surface area contributed by atoms with Crippen LogP contribution in [0.3, 0.4) is 0 Å². The lowest BCUT2D eigenvalue weighted by atomic mass is 10.0. The molecule has 3 heterocycles. The van der Waals surface area contributed by atoms with Crippen molar-refractivity contribution >= 4 is 43.6 Å². The zero-order valence-corrected chi connectivity index (χ0v) is 34.1. The molecule has 0 fully saturated rings. The number of alkyl halides is 12. The van der Waals surface area contributed by atoms with Crippen LogP contribution < -0.4 is 0 Å². The van der Waals surface area contributed by atoms with Crippen molar-refractivity contribution in [2.45, 2.75) is 24.7 Å². The van der Waals surface area contributed by atoms with Crippen molar-refractivity contribution in [1.29, 1.82) is 5.26 Å². The Labute approximate surface area is 374 Å². The molecule has 68 heavy (non-hydrogen) atoms. The van der Waals surface area contributed by atoms with Crippen molar-refractivity contribution in [3.05, 3.63) is 173 Å². The molecule has 10 rings (SSSR count). The third-order valence-electron chi connectivity index (χ3n) is 11.5. The Morgan fingerprint density at radius 3 is 0.985 bits per heavy atom. The number of rotatable bonds is 5. The van der Waals surface area contributed by atoms with Crippen LogP contribution in [0.4, 0.5) is 52.7 Å². The van der Waals surface area contributed by atoms with Crippen LogP contribution in [0.2, 0.25) is 0 Å². The maximum Gasteiger partial charge on any atom is 0.416 e. The smallest absolute Gasteiger partial charge is 0.307 e. The van der Waals surface area contributed by atoms with Crippen molar-refractivity contribution in [3.63, 3.8) is 0 Å². The average Bonchev–Trinajstić information content (AvgIpc) is 3.81. The summed E-state index contributed by atoms with van der Waals surface area (Å²) in [6, 6.07) is 31.7. The van der Waals surface area contributed by atoms with E-state index in [2.05, 4.69) is 11.1 Å². The minimum absolute atomic E-state index is 0.0312. The van der Waals surface area contributed by atoms with Gasteiger partial charge in [0.25, 0.3) is 0 Å². The molecule has 0 atom stereocenters. The van der Waals surface area contributed by atoms with Gasteiger partial charge in [-0.25, -0.2) is 15.0 Å². The topological polar surface area (TPSA) is 72.3 Å². The van der Waals surface area contributed by atoms with Crippen molar-refractivity contribution in [2.75, 3.05) is 0 Å². The van der Waals surface area contributed by atoms with Crippen LogP contribution in [0, 0.1) is 11.3 Å². The van der Waals surface area contributed by atoms with Crippen molar-refractivity contribution < 1.29 is 52.7 Å². The molecule has 7 aromatic carbocycles. The predicted octanol–water partition coefficient (Wildman–Crippen LogP) is 15.0. The summed E-state index contributed by atoms with van der Waals surface area (Å²) >= 11 is 0. The minimum Gasteiger partial charge on any atom is -0.307 e. The van der Waals surface area contributed by atoms with Crippen LogP contribution in [-0.4, -0.2) is 24.1 Å². The van der Waals surface area contributed by atoms with Crippen molar-refractivity contribution in [2.24, 2.45) is 0 Å². The summed E-state index contributed by atoms with van der Waals surface area (Å²) in [7, 11) is 0. The molecule has 18 heteroatoms. The van der Waals surface area contributed by atoms with Gasteiger partial charge in [0.15, 0.2) is 17.5 Å². The molecule has 0 aliphatic carbocycles. The lowest BCUT2D eigenvalue weighted by molar-refractivity contribution is -0.138. The Hall–Kier alpha value is -8.20. The summed E-state index contributed by atoms with van der Waals surface area (Å²) in [6.45, 7) is 0. The number of nitrogens with zero attached hydrogens (tertiary/aromatic N) is 6. The van der Waals surface area contributed by atoms with Crippen LogP contribution in [0.25, 0.3) is 89.2 Å². The molecular weight excluding hydrogens is 913 g/mol. The lowest BCUT2D eigenvalue weighted by Gasteiger charge is -2.20. The number of aromatic nitrogens is 5. The third-order valence-corrected chi connectivity index (χ3v) is 11.5. The minimum atomic E-state index is -4.95. The van der Waals surface area contributed by atoms with Crippen molar-refractivity contribution in [1.82, 2.24) is 24.1 Å². The molecule has 0 aliphatic rings. The fourth-order valence-corrected chi connectivity index (χ4v) is 8.41. The highest BCUT2D eigenvalue weighted by molar-refractivity contribution is 6.12. The van der Waals surface area contributed by atoms with Crippen molar-refractivity contribution in [3.8, 4) is 51.6 Å². The average molecular weight is 937 g/mol. The number of nitriles is 1. The van der Waals surface area contributed by atoms with Gasteiger partial charge in [0.1, 0.15) is 0 Å². The molecule has 6 nitrogen and oxygen atoms in total. The number of benzene rings is 7. The molecule has 0 spiro atoms. The molecule has 0 N–H and O–H groups in total. The summed E-state index contributed by atoms with van der Waals surface area (Å²) in [6.07, 6.45) is -19.8. The summed E-state index contributed by atoms with van der Waals surface area (Å²) in [5.74, 6) is 0.167. The van der Waals surface area contributed by atoms with Gasteiger partial charge in [-0.1, -0.05) is 60.7 Å². The molecule has 10 aromatic rings. The summed E-state index contributed by atoms with van der Waals surface area (Å²) in [4.78, 5) is 14.2. The SMILES string of the molecule is N#Cc1cc(-n2c3ccc(C(F)(F)F)cc3c3cc(C(F)(F)F)ccc32)c(-n2c3ccc(C(F)(F)F)cc3c3cc(C(F)(F)F)ccc32)cc1-c1nc(-c2ccccc2)nc(-c2ccccc2)n1. The molecule has 0 unspecified atom stereocenters. The number of fused-ring (bicyclic) bond motifs is 6. The fourth-order valence-electron chi connectivity index (χ4n) is 8.41. The number of hydrogen-bond donors (Lipinski definition) is 0. The Morgan fingerprint density at radius 1 is 0.368 bits per heavy atom. The summed E-state index contributed by atoms with van der Waals surface area (Å²) in [5.41, 5.74) is -4.55. The van der Waals surface area contributed by atoms with Gasteiger partial charge in [0, 0.05) is 38.2 Å². The summed E-state index contributed by atoms with van der Waals surface area (Å²) < 4.78 is 174. The van der Waals surface area contributed by atoms with Gasteiger partial charge in [-0.3, -0.25) is 0 Å². The zero-order chi connectivity index (χ0) is 48.1. The molecule has 0 saturated heterocycles. The first-order chi connectivity index (χ1) is 32.2. The van der Waals surface area contributed by atoms with Crippen LogP contribution in [0.15, 0.2) is 146 Å². The molecule has 0 bridgehead atoms. The van der Waals surface area contributed by atoms with E-state index in [1.54, 1.807) is 60.7 Å². The number of halogens is 12. The Bertz CT molecular complexity index is 3490. The second kappa shape index (κ2) is 15.4. The van der Waals surface area contributed by atoms with Gasteiger partial charge in [0.2, 0.25) is 0 Å². The van der Waals surface area contributed by atoms with E-state index in [1.807, 2.05) is 0 Å². The predicted molar refractivity (Wildman–Crippen MR) is 230 cm³/mol. The molecule has 0 aliphatic heterocycles.